The van der Waals surface area contributed by atoms with Gasteiger partial charge in [-0.3, -0.25) is 0 Å². The Kier molecular flexibility index (Phi) is 7.36. The van der Waals surface area contributed by atoms with E-state index in [0.29, 0.717) is 0 Å². The van der Waals surface area contributed by atoms with Crippen molar-refractivity contribution in [1.29, 1.82) is 0 Å². The number of quaternary nitrogens is 1. The summed E-state index contributed by atoms with van der Waals surface area (Å²) in [6.45, 7) is 0.972. The maximum Gasteiger partial charge on any atom is 0.157 e. The largest absolute Gasteiger partial charge is 0.550 e. The SMILES string of the molecule is CC(=O)[O-].Oc1ccccc1O.[NH4+]. The van der Waals surface area contributed by atoms with Crippen LogP contribution in [0, 0.1) is 0 Å². The number of rotatable bonds is 0. The second kappa shape index (κ2) is 6.93. The number of phenolic OH excluding ortho intramolecular Hbond substituents is 2. The lowest BCUT2D eigenvalue weighted by Crippen LogP contribution is -2.16. The maximum atomic E-state index is 8.89. The Hall–Kier alpha value is -1.75. The molecule has 0 aliphatic rings. The van der Waals surface area contributed by atoms with Crippen molar-refractivity contribution in [2.45, 2.75) is 6.92 Å². The van der Waals surface area contributed by atoms with E-state index in [9.17, 15) is 0 Å². The van der Waals surface area contributed by atoms with Crippen molar-refractivity contribution in [2.24, 2.45) is 0 Å². The third kappa shape index (κ3) is 8.15. The van der Waals surface area contributed by atoms with E-state index in [0.717, 1.165) is 6.92 Å². The fourth-order valence-electron chi connectivity index (χ4n) is 0.464. The highest BCUT2D eigenvalue weighted by Gasteiger charge is 1.90. The monoisotopic (exact) mass is 187 g/mol. The van der Waals surface area contributed by atoms with Crippen molar-refractivity contribution in [2.75, 3.05) is 0 Å². The van der Waals surface area contributed by atoms with Crippen molar-refractivity contribution >= 4 is 5.97 Å². The normalized spacial score (nSPS) is 7.46. The van der Waals surface area contributed by atoms with E-state index in [4.69, 9.17) is 20.1 Å². The number of hydrogen-bond acceptors (Lipinski definition) is 4. The minimum Gasteiger partial charge on any atom is -0.550 e. The molecule has 0 saturated carbocycles. The molecule has 0 unspecified atom stereocenters. The number of carboxylic acid groups (broad SMARTS) is 1. The number of aromatic hydroxyl groups is 2. The first-order valence-corrected chi connectivity index (χ1v) is 3.18. The van der Waals surface area contributed by atoms with Crippen LogP contribution in [-0.2, 0) is 4.79 Å². The van der Waals surface area contributed by atoms with Gasteiger partial charge in [0.05, 0.1) is 0 Å². The number of benzene rings is 1. The van der Waals surface area contributed by atoms with E-state index >= 15 is 0 Å². The fraction of sp³-hybridized carbons (Fsp3) is 0.125. The molecule has 74 valence electrons. The Morgan fingerprint density at radius 1 is 1.23 bits per heavy atom. The summed E-state index contributed by atoms with van der Waals surface area (Å²) in [6.07, 6.45) is 0. The van der Waals surface area contributed by atoms with Crippen molar-refractivity contribution in [3.8, 4) is 11.5 Å². The number of carbonyl (C=O) groups excluding carboxylic acids is 1. The van der Waals surface area contributed by atoms with Gasteiger partial charge < -0.3 is 26.3 Å². The molecule has 1 aromatic rings. The van der Waals surface area contributed by atoms with Crippen LogP contribution in [0.25, 0.3) is 0 Å². The standard InChI is InChI=1S/C6H6O2.C2H4O2.H3N/c7-5-3-1-2-4-6(5)8;1-2(3)4;/h1-4,7-8H;1H3,(H,3,4);1H3. The molecule has 0 amide bonds. The average molecular weight is 187 g/mol. The Morgan fingerprint density at radius 2 is 1.46 bits per heavy atom. The van der Waals surface area contributed by atoms with E-state index in [1.807, 2.05) is 0 Å². The van der Waals surface area contributed by atoms with Gasteiger partial charge in [0, 0.05) is 5.97 Å². The minimum absolute atomic E-state index is 0. The quantitative estimate of drug-likeness (QED) is 0.504. The third-order valence-corrected chi connectivity index (χ3v) is 0.882. The molecule has 0 bridgehead atoms. The number of carboxylic acids is 1. The van der Waals surface area contributed by atoms with Gasteiger partial charge in [0.25, 0.3) is 0 Å². The summed E-state index contributed by atoms with van der Waals surface area (Å²) < 4.78 is 0. The lowest BCUT2D eigenvalue weighted by atomic mass is 10.3. The summed E-state index contributed by atoms with van der Waals surface area (Å²) in [5, 5.41) is 26.2. The van der Waals surface area contributed by atoms with Gasteiger partial charge in [-0.25, -0.2) is 0 Å². The lowest BCUT2D eigenvalue weighted by molar-refractivity contribution is -0.302. The Labute approximate surface area is 75.8 Å². The summed E-state index contributed by atoms with van der Waals surface area (Å²) in [6, 6.07) is 6.15. The van der Waals surface area contributed by atoms with Gasteiger partial charge in [-0.1, -0.05) is 12.1 Å². The van der Waals surface area contributed by atoms with Crippen molar-refractivity contribution < 1.29 is 20.1 Å². The van der Waals surface area contributed by atoms with Crippen LogP contribution in [0.1, 0.15) is 6.92 Å². The zero-order valence-corrected chi connectivity index (χ0v) is 7.52. The van der Waals surface area contributed by atoms with Crippen LogP contribution < -0.4 is 11.3 Å². The highest BCUT2D eigenvalue weighted by molar-refractivity contribution is 5.60. The maximum absolute atomic E-state index is 8.89. The van der Waals surface area contributed by atoms with Gasteiger partial charge in [0.2, 0.25) is 0 Å². The molecule has 1 rings (SSSR count). The second-order valence-electron chi connectivity index (χ2n) is 1.98. The molecule has 0 heterocycles. The molecule has 13 heavy (non-hydrogen) atoms. The molecule has 0 spiro atoms. The number of aliphatic carboxylic acids is 1. The molecule has 0 atom stereocenters. The number of para-hydroxylation sites is 2. The molecule has 0 aliphatic carbocycles. The molecule has 0 aliphatic heterocycles. The number of phenols is 2. The van der Waals surface area contributed by atoms with Gasteiger partial charge in [-0.2, -0.15) is 0 Å². The first-order valence-electron chi connectivity index (χ1n) is 3.18. The summed E-state index contributed by atoms with van der Waals surface area (Å²) in [5.74, 6) is -1.24. The highest BCUT2D eigenvalue weighted by atomic mass is 16.4. The molecule has 0 fully saturated rings. The van der Waals surface area contributed by atoms with Gasteiger partial charge in [-0.05, 0) is 19.1 Å². The molecular weight excluding hydrogens is 174 g/mol. The van der Waals surface area contributed by atoms with E-state index in [1.165, 1.54) is 12.1 Å². The smallest absolute Gasteiger partial charge is 0.157 e. The first-order chi connectivity index (χ1) is 5.54. The number of carbonyl (C=O) groups is 1. The van der Waals surface area contributed by atoms with Crippen LogP contribution >= 0.6 is 0 Å². The summed E-state index contributed by atoms with van der Waals surface area (Å²) in [4.78, 5) is 8.89. The molecule has 0 aromatic heterocycles. The van der Waals surface area contributed by atoms with Crippen LogP contribution in [0.4, 0.5) is 0 Å². The zero-order chi connectivity index (χ0) is 9.56. The molecule has 1 aromatic carbocycles. The van der Waals surface area contributed by atoms with Gasteiger partial charge in [0.15, 0.2) is 11.5 Å². The topological polar surface area (TPSA) is 117 Å². The predicted octanol–water partition coefficient (Wildman–Crippen LogP) is 0.230. The third-order valence-electron chi connectivity index (χ3n) is 0.882. The van der Waals surface area contributed by atoms with E-state index in [-0.39, 0.29) is 17.6 Å². The summed E-state index contributed by atoms with van der Waals surface area (Å²) in [5.41, 5.74) is 0. The molecular formula is C8H13NO4. The van der Waals surface area contributed by atoms with Gasteiger partial charge in [-0.15, -0.1) is 0 Å². The Bertz CT molecular complexity index is 237. The molecule has 5 nitrogen and oxygen atoms in total. The molecule has 0 saturated heterocycles. The zero-order valence-electron chi connectivity index (χ0n) is 7.52. The van der Waals surface area contributed by atoms with E-state index < -0.39 is 5.97 Å². The highest BCUT2D eigenvalue weighted by Crippen LogP contribution is 2.21. The molecule has 0 radical (unpaired) electrons. The van der Waals surface area contributed by atoms with E-state index in [2.05, 4.69) is 0 Å². The number of hydrogen-bond donors (Lipinski definition) is 3. The summed E-state index contributed by atoms with van der Waals surface area (Å²) in [7, 11) is 0. The first kappa shape index (κ1) is 13.8. The van der Waals surface area contributed by atoms with Crippen molar-refractivity contribution in [1.82, 2.24) is 6.15 Å². The van der Waals surface area contributed by atoms with Crippen molar-refractivity contribution in [3.63, 3.8) is 0 Å². The molecule has 6 N–H and O–H groups in total. The average Bonchev–Trinajstić information content (AvgIpc) is 1.94. The Morgan fingerprint density at radius 3 is 1.62 bits per heavy atom. The van der Waals surface area contributed by atoms with Gasteiger partial charge >= 0.3 is 0 Å². The summed E-state index contributed by atoms with van der Waals surface area (Å²) >= 11 is 0. The van der Waals surface area contributed by atoms with Gasteiger partial charge in [0.1, 0.15) is 0 Å². The van der Waals surface area contributed by atoms with Crippen LogP contribution in [0.5, 0.6) is 11.5 Å². The van der Waals surface area contributed by atoms with Crippen molar-refractivity contribution in [3.05, 3.63) is 24.3 Å². The minimum atomic E-state index is -1.08. The second-order valence-corrected chi connectivity index (χ2v) is 1.98. The molecule has 5 heteroatoms. The predicted molar refractivity (Wildman–Crippen MR) is 46.4 cm³/mol. The van der Waals surface area contributed by atoms with Crippen LogP contribution in [0.2, 0.25) is 0 Å². The van der Waals surface area contributed by atoms with Crippen LogP contribution in [0.15, 0.2) is 24.3 Å². The van der Waals surface area contributed by atoms with Crippen LogP contribution in [-0.4, -0.2) is 16.2 Å². The fourth-order valence-corrected chi connectivity index (χ4v) is 0.464. The Balaban J connectivity index is 0. The van der Waals surface area contributed by atoms with E-state index in [1.54, 1.807) is 12.1 Å². The van der Waals surface area contributed by atoms with Crippen LogP contribution in [0.3, 0.4) is 0 Å². The lowest BCUT2D eigenvalue weighted by Gasteiger charge is -1.91.